The second-order valence-electron chi connectivity index (χ2n) is 3.07. The number of thioether (sulfide) groups is 1. The minimum Gasteiger partial charge on any atom is -0.481 e. The van der Waals surface area contributed by atoms with Gasteiger partial charge in [0.1, 0.15) is 6.04 Å². The molecule has 0 heterocycles. The number of nitrogens with two attached hydrogens (primary N) is 1. The standard InChI is InChI=1S/C9H15NO5S/c1-16-5-4-6(10)9(14)15-8(13)3-2-7(11)12/h6H,2-5,10H2,1H3,(H,11,12)/t6-/m0/s1. The Balaban J connectivity index is 3.85. The van der Waals surface area contributed by atoms with Crippen molar-refractivity contribution in [3.63, 3.8) is 0 Å². The average molecular weight is 249 g/mol. The summed E-state index contributed by atoms with van der Waals surface area (Å²) in [5.74, 6) is -2.08. The highest BCUT2D eigenvalue weighted by atomic mass is 32.2. The van der Waals surface area contributed by atoms with Gasteiger partial charge < -0.3 is 15.6 Å². The van der Waals surface area contributed by atoms with E-state index in [1.165, 1.54) is 11.8 Å². The molecule has 0 aromatic carbocycles. The Morgan fingerprint density at radius 1 is 1.38 bits per heavy atom. The van der Waals surface area contributed by atoms with Crippen molar-refractivity contribution in [3.05, 3.63) is 0 Å². The molecule has 0 aromatic heterocycles. The predicted octanol–water partition coefficient (Wildman–Crippen LogP) is 0.00140. The van der Waals surface area contributed by atoms with E-state index in [9.17, 15) is 14.4 Å². The van der Waals surface area contributed by atoms with E-state index in [1.807, 2.05) is 6.26 Å². The van der Waals surface area contributed by atoms with Crippen LogP contribution in [0.4, 0.5) is 0 Å². The fourth-order valence-corrected chi connectivity index (χ4v) is 1.30. The number of carboxylic acid groups (broad SMARTS) is 1. The molecule has 0 saturated carbocycles. The summed E-state index contributed by atoms with van der Waals surface area (Å²) in [4.78, 5) is 32.3. The number of hydrogen-bond donors (Lipinski definition) is 2. The monoisotopic (exact) mass is 249 g/mol. The van der Waals surface area contributed by atoms with Crippen molar-refractivity contribution < 1.29 is 24.2 Å². The first-order valence-corrected chi connectivity index (χ1v) is 6.07. The molecule has 0 rings (SSSR count). The molecule has 16 heavy (non-hydrogen) atoms. The van der Waals surface area contributed by atoms with Crippen molar-refractivity contribution >= 4 is 29.7 Å². The summed E-state index contributed by atoms with van der Waals surface area (Å²) in [5, 5.41) is 8.30. The predicted molar refractivity (Wildman–Crippen MR) is 58.9 cm³/mol. The zero-order chi connectivity index (χ0) is 12.6. The molecule has 0 aliphatic heterocycles. The van der Waals surface area contributed by atoms with Gasteiger partial charge in [-0.3, -0.25) is 9.59 Å². The molecule has 3 N–H and O–H groups in total. The van der Waals surface area contributed by atoms with Gasteiger partial charge in [0, 0.05) is 0 Å². The van der Waals surface area contributed by atoms with E-state index in [2.05, 4.69) is 4.74 Å². The Hall–Kier alpha value is -1.08. The zero-order valence-electron chi connectivity index (χ0n) is 8.97. The lowest BCUT2D eigenvalue weighted by atomic mass is 10.2. The molecule has 0 saturated heterocycles. The van der Waals surface area contributed by atoms with Gasteiger partial charge in [0.2, 0.25) is 0 Å². The van der Waals surface area contributed by atoms with Crippen LogP contribution in [-0.4, -0.2) is 41.1 Å². The van der Waals surface area contributed by atoms with Crippen molar-refractivity contribution in [2.75, 3.05) is 12.0 Å². The van der Waals surface area contributed by atoms with Gasteiger partial charge >= 0.3 is 17.9 Å². The van der Waals surface area contributed by atoms with Gasteiger partial charge in [-0.25, -0.2) is 4.79 Å². The van der Waals surface area contributed by atoms with Crippen LogP contribution in [0.1, 0.15) is 19.3 Å². The summed E-state index contributed by atoms with van der Waals surface area (Å²) >= 11 is 1.53. The lowest BCUT2D eigenvalue weighted by molar-refractivity contribution is -0.161. The van der Waals surface area contributed by atoms with E-state index in [4.69, 9.17) is 10.8 Å². The van der Waals surface area contributed by atoms with Crippen molar-refractivity contribution in [2.45, 2.75) is 25.3 Å². The van der Waals surface area contributed by atoms with Crippen LogP contribution in [0.25, 0.3) is 0 Å². The van der Waals surface area contributed by atoms with Gasteiger partial charge in [-0.05, 0) is 18.4 Å². The molecule has 6 nitrogen and oxygen atoms in total. The molecule has 0 unspecified atom stereocenters. The highest BCUT2D eigenvalue weighted by Gasteiger charge is 2.18. The third-order valence-electron chi connectivity index (χ3n) is 1.69. The second-order valence-corrected chi connectivity index (χ2v) is 4.06. The summed E-state index contributed by atoms with van der Waals surface area (Å²) < 4.78 is 4.38. The van der Waals surface area contributed by atoms with E-state index in [0.717, 1.165) is 0 Å². The lowest BCUT2D eigenvalue weighted by Crippen LogP contribution is -2.34. The molecule has 0 amide bonds. The SMILES string of the molecule is CSCC[C@H](N)C(=O)OC(=O)CCC(=O)O. The number of carbonyl (C=O) groups excluding carboxylic acids is 2. The molecular weight excluding hydrogens is 234 g/mol. The van der Waals surface area contributed by atoms with Gasteiger partial charge in [0.05, 0.1) is 12.8 Å². The van der Waals surface area contributed by atoms with Gasteiger partial charge in [0.15, 0.2) is 0 Å². The zero-order valence-corrected chi connectivity index (χ0v) is 9.79. The molecule has 0 radical (unpaired) electrons. The van der Waals surface area contributed by atoms with Crippen LogP contribution in [0.2, 0.25) is 0 Å². The fraction of sp³-hybridized carbons (Fsp3) is 0.667. The third kappa shape index (κ3) is 7.24. The Kier molecular flexibility index (Phi) is 7.57. The Labute approximate surface area is 97.5 Å². The molecule has 1 atom stereocenters. The molecule has 92 valence electrons. The minimum atomic E-state index is -1.11. The van der Waals surface area contributed by atoms with E-state index in [1.54, 1.807) is 0 Å². The van der Waals surface area contributed by atoms with Crippen molar-refractivity contribution in [1.82, 2.24) is 0 Å². The number of esters is 2. The molecule has 0 aromatic rings. The molecule has 0 spiro atoms. The summed E-state index contributed by atoms with van der Waals surface area (Å²) in [6, 6.07) is -0.832. The molecule has 0 fully saturated rings. The van der Waals surface area contributed by atoms with Crippen LogP contribution in [0.3, 0.4) is 0 Å². The van der Waals surface area contributed by atoms with E-state index < -0.39 is 23.9 Å². The van der Waals surface area contributed by atoms with Gasteiger partial charge in [-0.1, -0.05) is 0 Å². The topological polar surface area (TPSA) is 107 Å². The first-order valence-electron chi connectivity index (χ1n) is 4.68. The fourth-order valence-electron chi connectivity index (χ4n) is 0.811. The van der Waals surface area contributed by atoms with Crippen molar-refractivity contribution in [3.8, 4) is 0 Å². The van der Waals surface area contributed by atoms with Crippen LogP contribution in [-0.2, 0) is 19.1 Å². The van der Waals surface area contributed by atoms with Crippen LogP contribution < -0.4 is 5.73 Å². The molecular formula is C9H15NO5S. The van der Waals surface area contributed by atoms with Gasteiger partial charge in [-0.15, -0.1) is 0 Å². The summed E-state index contributed by atoms with van der Waals surface area (Å²) in [5.41, 5.74) is 5.45. The summed E-state index contributed by atoms with van der Waals surface area (Å²) in [6.45, 7) is 0. The first-order chi connectivity index (χ1) is 7.47. The maximum Gasteiger partial charge on any atom is 0.330 e. The minimum absolute atomic E-state index is 0.323. The van der Waals surface area contributed by atoms with Crippen LogP contribution in [0.15, 0.2) is 0 Å². The number of rotatable bonds is 7. The molecule has 7 heteroatoms. The largest absolute Gasteiger partial charge is 0.481 e. The van der Waals surface area contributed by atoms with Crippen LogP contribution in [0.5, 0.6) is 0 Å². The normalized spacial score (nSPS) is 11.9. The Bertz CT molecular complexity index is 269. The Morgan fingerprint density at radius 3 is 2.50 bits per heavy atom. The maximum absolute atomic E-state index is 11.2. The second kappa shape index (κ2) is 8.12. The highest BCUT2D eigenvalue weighted by Crippen LogP contribution is 2.02. The van der Waals surface area contributed by atoms with Gasteiger partial charge in [0.25, 0.3) is 0 Å². The van der Waals surface area contributed by atoms with Crippen molar-refractivity contribution in [1.29, 1.82) is 0 Å². The van der Waals surface area contributed by atoms with Gasteiger partial charge in [-0.2, -0.15) is 11.8 Å². The van der Waals surface area contributed by atoms with E-state index in [0.29, 0.717) is 12.2 Å². The average Bonchev–Trinajstić information content (AvgIpc) is 2.22. The Morgan fingerprint density at radius 2 is 2.00 bits per heavy atom. The molecule has 0 bridgehead atoms. The number of carbonyl (C=O) groups is 3. The number of hydrogen-bond acceptors (Lipinski definition) is 6. The smallest absolute Gasteiger partial charge is 0.330 e. The van der Waals surface area contributed by atoms with Crippen LogP contribution in [0, 0.1) is 0 Å². The summed E-state index contributed by atoms with van der Waals surface area (Å²) in [6.07, 6.45) is 1.62. The number of ether oxygens (including phenoxy) is 1. The number of carboxylic acids is 1. The summed E-state index contributed by atoms with van der Waals surface area (Å²) in [7, 11) is 0. The third-order valence-corrected chi connectivity index (χ3v) is 2.34. The quantitative estimate of drug-likeness (QED) is 0.483. The number of aliphatic carboxylic acids is 1. The lowest BCUT2D eigenvalue weighted by Gasteiger charge is -2.08. The molecule has 0 aliphatic carbocycles. The van der Waals surface area contributed by atoms with Crippen molar-refractivity contribution in [2.24, 2.45) is 5.73 Å². The maximum atomic E-state index is 11.2. The first kappa shape index (κ1) is 14.9. The van der Waals surface area contributed by atoms with E-state index >= 15 is 0 Å². The highest BCUT2D eigenvalue weighted by molar-refractivity contribution is 7.98. The molecule has 0 aliphatic rings. The van der Waals surface area contributed by atoms with E-state index in [-0.39, 0.29) is 12.8 Å². The van der Waals surface area contributed by atoms with Crippen LogP contribution >= 0.6 is 11.8 Å².